The maximum absolute atomic E-state index is 12.9. The molecular formula is C24H23FN4O3S2. The van der Waals surface area contributed by atoms with E-state index >= 15 is 0 Å². The molecule has 1 saturated heterocycles. The van der Waals surface area contributed by atoms with Gasteiger partial charge in [0.05, 0.1) is 17.4 Å². The molecule has 10 heteroatoms. The molecule has 1 atom stereocenters. The number of benzene rings is 2. The zero-order valence-corrected chi connectivity index (χ0v) is 20.0. The lowest BCUT2D eigenvalue weighted by atomic mass is 10.1. The van der Waals surface area contributed by atoms with Gasteiger partial charge in [-0.15, -0.1) is 23.1 Å². The van der Waals surface area contributed by atoms with Crippen molar-refractivity contribution in [3.8, 4) is 0 Å². The van der Waals surface area contributed by atoms with E-state index < -0.39 is 5.92 Å². The lowest BCUT2D eigenvalue weighted by Gasteiger charge is -2.16. The van der Waals surface area contributed by atoms with E-state index in [1.807, 2.05) is 36.6 Å². The van der Waals surface area contributed by atoms with Gasteiger partial charge in [-0.3, -0.25) is 14.4 Å². The van der Waals surface area contributed by atoms with Gasteiger partial charge in [-0.1, -0.05) is 17.7 Å². The summed E-state index contributed by atoms with van der Waals surface area (Å²) in [6, 6.07) is 13.2. The van der Waals surface area contributed by atoms with Gasteiger partial charge in [-0.2, -0.15) is 0 Å². The third-order valence-electron chi connectivity index (χ3n) is 5.23. The summed E-state index contributed by atoms with van der Waals surface area (Å²) >= 11 is 2.70. The highest BCUT2D eigenvalue weighted by molar-refractivity contribution is 7.99. The summed E-state index contributed by atoms with van der Waals surface area (Å²) in [5, 5.41) is 7.82. The average molecular weight is 499 g/mol. The van der Waals surface area contributed by atoms with Crippen LogP contribution < -0.4 is 15.5 Å². The van der Waals surface area contributed by atoms with Gasteiger partial charge >= 0.3 is 0 Å². The van der Waals surface area contributed by atoms with Crippen molar-refractivity contribution in [1.82, 2.24) is 4.98 Å². The number of nitrogens with one attached hydrogen (secondary N) is 2. The molecule has 34 heavy (non-hydrogen) atoms. The molecule has 2 N–H and O–H groups in total. The summed E-state index contributed by atoms with van der Waals surface area (Å²) in [7, 11) is 0. The maximum atomic E-state index is 12.9. The van der Waals surface area contributed by atoms with Crippen LogP contribution in [0.3, 0.4) is 0 Å². The molecule has 7 nitrogen and oxygen atoms in total. The molecule has 0 spiro atoms. The number of nitrogens with zero attached hydrogens (tertiary/aromatic N) is 2. The van der Waals surface area contributed by atoms with Crippen molar-refractivity contribution in [1.29, 1.82) is 0 Å². The Morgan fingerprint density at radius 1 is 1.15 bits per heavy atom. The fourth-order valence-corrected chi connectivity index (χ4v) is 5.01. The molecule has 0 saturated carbocycles. The fourth-order valence-electron chi connectivity index (χ4n) is 3.47. The molecule has 3 amide bonds. The van der Waals surface area contributed by atoms with Gasteiger partial charge in [0.1, 0.15) is 5.82 Å². The van der Waals surface area contributed by atoms with Gasteiger partial charge in [0, 0.05) is 35.5 Å². The lowest BCUT2D eigenvalue weighted by Crippen LogP contribution is -2.28. The summed E-state index contributed by atoms with van der Waals surface area (Å²) in [6.45, 7) is 2.32. The molecule has 176 valence electrons. The third kappa shape index (κ3) is 6.21. The van der Waals surface area contributed by atoms with E-state index in [1.165, 1.54) is 47.4 Å². The summed E-state index contributed by atoms with van der Waals surface area (Å²) < 4.78 is 12.9. The van der Waals surface area contributed by atoms with Gasteiger partial charge in [-0.25, -0.2) is 9.37 Å². The second kappa shape index (κ2) is 10.8. The highest BCUT2D eigenvalue weighted by Crippen LogP contribution is 2.27. The summed E-state index contributed by atoms with van der Waals surface area (Å²) in [5.74, 6) is -0.562. The van der Waals surface area contributed by atoms with E-state index in [9.17, 15) is 18.8 Å². The Bertz CT molecular complexity index is 1180. The molecule has 3 aromatic rings. The van der Waals surface area contributed by atoms with Gasteiger partial charge in [0.25, 0.3) is 0 Å². The van der Waals surface area contributed by atoms with E-state index in [4.69, 9.17) is 0 Å². The first-order chi connectivity index (χ1) is 16.4. The van der Waals surface area contributed by atoms with E-state index in [0.29, 0.717) is 23.1 Å². The number of thiazole rings is 1. The van der Waals surface area contributed by atoms with E-state index in [1.54, 1.807) is 4.90 Å². The first kappa shape index (κ1) is 23.9. The maximum Gasteiger partial charge on any atom is 0.234 e. The van der Waals surface area contributed by atoms with Crippen molar-refractivity contribution in [2.45, 2.75) is 19.1 Å². The zero-order chi connectivity index (χ0) is 24.1. The average Bonchev–Trinajstić information content (AvgIpc) is 3.42. The number of rotatable bonds is 8. The number of aromatic nitrogens is 1. The van der Waals surface area contributed by atoms with Crippen molar-refractivity contribution in [3.63, 3.8) is 0 Å². The highest BCUT2D eigenvalue weighted by atomic mass is 32.2. The summed E-state index contributed by atoms with van der Waals surface area (Å²) in [6.07, 6.45) is 0.164. The van der Waals surface area contributed by atoms with E-state index in [-0.39, 0.29) is 35.7 Å². The number of aryl methyl sites for hydroxylation is 1. The smallest absolute Gasteiger partial charge is 0.234 e. The largest absolute Gasteiger partial charge is 0.325 e. The van der Waals surface area contributed by atoms with Gasteiger partial charge < -0.3 is 15.5 Å². The summed E-state index contributed by atoms with van der Waals surface area (Å²) in [4.78, 5) is 43.2. The first-order valence-electron chi connectivity index (χ1n) is 10.6. The number of amides is 3. The standard InChI is InChI=1S/C24H23FN4O3S2/c1-15-2-8-20(9-3-15)29-11-16(10-22(29)31)23(32)28-24-27-19(13-34-24)12-33-14-21(30)26-18-6-4-17(25)5-7-18/h2-9,13,16H,10-12,14H2,1H3,(H,26,30)(H,27,28,32). The van der Waals surface area contributed by atoms with E-state index in [0.717, 1.165) is 16.9 Å². The number of anilines is 3. The zero-order valence-electron chi connectivity index (χ0n) is 18.4. The van der Waals surface area contributed by atoms with Gasteiger partial charge in [0.2, 0.25) is 17.7 Å². The molecular weight excluding hydrogens is 475 g/mol. The fraction of sp³-hybridized carbons (Fsp3) is 0.250. The minimum atomic E-state index is -0.439. The molecule has 2 heterocycles. The molecule has 4 rings (SSSR count). The second-order valence-electron chi connectivity index (χ2n) is 7.92. The SMILES string of the molecule is Cc1ccc(N2CC(C(=O)Nc3nc(CSCC(=O)Nc4ccc(F)cc4)cs3)CC2=O)cc1. The molecule has 2 aromatic carbocycles. The normalized spacial score (nSPS) is 15.4. The molecule has 1 fully saturated rings. The van der Waals surface area contributed by atoms with Crippen LogP contribution in [0.1, 0.15) is 17.7 Å². The monoisotopic (exact) mass is 498 g/mol. The third-order valence-corrected chi connectivity index (χ3v) is 7.01. The number of carbonyl (C=O) groups is 3. The molecule has 1 unspecified atom stereocenters. The highest BCUT2D eigenvalue weighted by Gasteiger charge is 2.35. The Labute approximate surface area is 204 Å². The van der Waals surface area contributed by atoms with Crippen LogP contribution in [0.4, 0.5) is 20.9 Å². The van der Waals surface area contributed by atoms with E-state index in [2.05, 4.69) is 15.6 Å². The predicted molar refractivity (Wildman–Crippen MR) is 134 cm³/mol. The predicted octanol–water partition coefficient (Wildman–Crippen LogP) is 4.45. The van der Waals surface area contributed by atoms with Crippen LogP contribution in [0.5, 0.6) is 0 Å². The topological polar surface area (TPSA) is 91.4 Å². The molecule has 0 radical (unpaired) electrons. The Hall–Kier alpha value is -3.24. The Morgan fingerprint density at radius 2 is 1.88 bits per heavy atom. The minimum absolute atomic E-state index is 0.0702. The molecule has 1 aliphatic rings. The number of thioether (sulfide) groups is 1. The number of carbonyl (C=O) groups excluding carboxylic acids is 3. The van der Waals surface area contributed by atoms with Gasteiger partial charge in [-0.05, 0) is 43.3 Å². The second-order valence-corrected chi connectivity index (χ2v) is 9.77. The van der Waals surface area contributed by atoms with Crippen molar-refractivity contribution < 1.29 is 18.8 Å². The van der Waals surface area contributed by atoms with Crippen molar-refractivity contribution in [2.75, 3.05) is 27.8 Å². The van der Waals surface area contributed by atoms with Crippen molar-refractivity contribution in [3.05, 3.63) is 71.0 Å². The molecule has 0 bridgehead atoms. The Kier molecular flexibility index (Phi) is 7.59. The Morgan fingerprint density at radius 3 is 2.62 bits per heavy atom. The number of hydrogen-bond donors (Lipinski definition) is 2. The van der Waals surface area contributed by atoms with Crippen LogP contribution in [0.25, 0.3) is 0 Å². The lowest BCUT2D eigenvalue weighted by molar-refractivity contribution is -0.122. The Balaban J connectivity index is 1.23. The molecule has 1 aromatic heterocycles. The van der Waals surface area contributed by atoms with Crippen molar-refractivity contribution >= 4 is 57.3 Å². The molecule has 0 aliphatic carbocycles. The number of halogens is 1. The van der Waals surface area contributed by atoms with Gasteiger partial charge in [0.15, 0.2) is 5.13 Å². The first-order valence-corrected chi connectivity index (χ1v) is 12.7. The quantitative estimate of drug-likeness (QED) is 0.479. The van der Waals surface area contributed by atoms with Crippen LogP contribution in [-0.2, 0) is 20.1 Å². The van der Waals surface area contributed by atoms with Crippen LogP contribution >= 0.6 is 23.1 Å². The van der Waals surface area contributed by atoms with Crippen LogP contribution in [0, 0.1) is 18.7 Å². The van der Waals surface area contributed by atoms with Crippen molar-refractivity contribution in [2.24, 2.45) is 5.92 Å². The van der Waals surface area contributed by atoms with Crippen LogP contribution in [0.2, 0.25) is 0 Å². The number of hydrogen-bond acceptors (Lipinski definition) is 6. The van der Waals surface area contributed by atoms with Crippen LogP contribution in [0.15, 0.2) is 53.9 Å². The summed E-state index contributed by atoms with van der Waals surface area (Å²) in [5.41, 5.74) is 3.19. The van der Waals surface area contributed by atoms with Crippen LogP contribution in [-0.4, -0.2) is 35.0 Å². The minimum Gasteiger partial charge on any atom is -0.325 e. The molecule has 1 aliphatic heterocycles.